The molecule has 0 fully saturated rings. The summed E-state index contributed by atoms with van der Waals surface area (Å²) in [4.78, 5) is 2.45. The van der Waals surface area contributed by atoms with Crippen LogP contribution in [0.15, 0.2) is 41.5 Å². The van der Waals surface area contributed by atoms with E-state index in [-0.39, 0.29) is 5.02 Å². The molecule has 1 aliphatic heterocycles. The summed E-state index contributed by atoms with van der Waals surface area (Å²) in [7, 11) is 0. The second-order valence-electron chi connectivity index (χ2n) is 6.43. The Balaban J connectivity index is 1.59. The van der Waals surface area contributed by atoms with E-state index in [2.05, 4.69) is 45.9 Å². The van der Waals surface area contributed by atoms with Crippen molar-refractivity contribution in [3.05, 3.63) is 58.4 Å². The smallest absolute Gasteiger partial charge is 0.191 e. The molecule has 0 unspecified atom stereocenters. The van der Waals surface area contributed by atoms with Crippen molar-refractivity contribution in [2.24, 2.45) is 5.10 Å². The van der Waals surface area contributed by atoms with Crippen LogP contribution in [0.4, 0.5) is 15.8 Å². The highest BCUT2D eigenvalue weighted by Crippen LogP contribution is 2.27. The van der Waals surface area contributed by atoms with Gasteiger partial charge in [0.05, 0.1) is 11.2 Å². The fourth-order valence-electron chi connectivity index (χ4n) is 3.18. The molecule has 1 aliphatic rings. The zero-order valence-electron chi connectivity index (χ0n) is 15.1. The maximum absolute atomic E-state index is 13.2. The lowest BCUT2D eigenvalue weighted by atomic mass is 9.99. The SMILES string of the molecule is CCCN1CCCc2cc(/C=N/NC(=S)Nc3ccc(F)c(Cl)c3)ccc21. The fraction of sp³-hybridized carbons (Fsp3) is 0.300. The molecule has 1 heterocycles. The zero-order chi connectivity index (χ0) is 19.2. The molecule has 0 aromatic heterocycles. The molecule has 2 aromatic rings. The van der Waals surface area contributed by atoms with Crippen molar-refractivity contribution in [3.8, 4) is 0 Å². The molecule has 142 valence electrons. The Labute approximate surface area is 169 Å². The van der Waals surface area contributed by atoms with Crippen LogP contribution >= 0.6 is 23.8 Å². The minimum Gasteiger partial charge on any atom is -0.371 e. The van der Waals surface area contributed by atoms with Crippen LogP contribution in [0, 0.1) is 5.82 Å². The lowest BCUT2D eigenvalue weighted by molar-refractivity contribution is 0.628. The molecular weight excluding hydrogens is 383 g/mol. The summed E-state index contributed by atoms with van der Waals surface area (Å²) in [5.41, 5.74) is 7.08. The highest BCUT2D eigenvalue weighted by Gasteiger charge is 2.15. The lowest BCUT2D eigenvalue weighted by Crippen LogP contribution is -2.30. The number of aryl methyl sites for hydroxylation is 1. The molecule has 0 spiro atoms. The maximum Gasteiger partial charge on any atom is 0.191 e. The number of hydrogen-bond acceptors (Lipinski definition) is 3. The molecule has 2 aromatic carbocycles. The standard InChI is InChI=1S/C20H22ClFN4S/c1-2-9-26-10-3-4-15-11-14(5-8-19(15)26)13-23-25-20(27)24-16-6-7-18(22)17(21)12-16/h5-8,11-13H,2-4,9-10H2,1H3,(H2,24,25,27)/b23-13+. The summed E-state index contributed by atoms with van der Waals surface area (Å²) in [6.45, 7) is 4.43. The van der Waals surface area contributed by atoms with Crippen molar-refractivity contribution < 1.29 is 4.39 Å². The Bertz CT molecular complexity index is 856. The fourth-order valence-corrected chi connectivity index (χ4v) is 3.53. The first-order valence-corrected chi connectivity index (χ1v) is 9.78. The second kappa shape index (κ2) is 9.15. The van der Waals surface area contributed by atoms with E-state index in [1.165, 1.54) is 29.8 Å². The number of hydrazone groups is 1. The molecular formula is C20H22ClFN4S. The van der Waals surface area contributed by atoms with Gasteiger partial charge in [0.15, 0.2) is 5.11 Å². The van der Waals surface area contributed by atoms with E-state index in [1.807, 2.05) is 0 Å². The summed E-state index contributed by atoms with van der Waals surface area (Å²) >= 11 is 10.9. The summed E-state index contributed by atoms with van der Waals surface area (Å²) < 4.78 is 13.2. The van der Waals surface area contributed by atoms with Crippen molar-refractivity contribution in [1.29, 1.82) is 0 Å². The minimum absolute atomic E-state index is 0.0393. The van der Waals surface area contributed by atoms with Gasteiger partial charge < -0.3 is 10.2 Å². The van der Waals surface area contributed by atoms with Crippen molar-refractivity contribution in [3.63, 3.8) is 0 Å². The third kappa shape index (κ3) is 5.17. The number of nitrogens with zero attached hydrogens (tertiary/aromatic N) is 2. The molecule has 0 aliphatic carbocycles. The van der Waals surface area contributed by atoms with Crippen molar-refractivity contribution in [2.75, 3.05) is 23.3 Å². The number of fused-ring (bicyclic) bond motifs is 1. The summed E-state index contributed by atoms with van der Waals surface area (Å²) in [6.07, 6.45) is 5.16. The predicted molar refractivity (Wildman–Crippen MR) is 116 cm³/mol. The number of hydrogen-bond donors (Lipinski definition) is 2. The van der Waals surface area contributed by atoms with Crippen LogP contribution in [0.1, 0.15) is 30.9 Å². The average Bonchev–Trinajstić information content (AvgIpc) is 2.65. The first-order valence-electron chi connectivity index (χ1n) is 9.00. The van der Waals surface area contributed by atoms with Crippen LogP contribution in [0.5, 0.6) is 0 Å². The highest BCUT2D eigenvalue weighted by molar-refractivity contribution is 7.80. The van der Waals surface area contributed by atoms with Crippen molar-refractivity contribution in [1.82, 2.24) is 5.43 Å². The van der Waals surface area contributed by atoms with E-state index >= 15 is 0 Å². The number of thiocarbonyl (C=S) groups is 1. The third-order valence-electron chi connectivity index (χ3n) is 4.37. The van der Waals surface area contributed by atoms with Crippen molar-refractivity contribution in [2.45, 2.75) is 26.2 Å². The quantitative estimate of drug-likeness (QED) is 0.419. The first kappa shape index (κ1) is 19.6. The lowest BCUT2D eigenvalue weighted by Gasteiger charge is -2.31. The van der Waals surface area contributed by atoms with Gasteiger partial charge in [-0.1, -0.05) is 24.6 Å². The summed E-state index contributed by atoms with van der Waals surface area (Å²) in [5, 5.41) is 7.44. The first-order chi connectivity index (χ1) is 13.1. The molecule has 0 saturated carbocycles. The number of benzene rings is 2. The molecule has 0 amide bonds. The second-order valence-corrected chi connectivity index (χ2v) is 7.25. The predicted octanol–water partition coefficient (Wildman–Crippen LogP) is 4.96. The maximum atomic E-state index is 13.2. The summed E-state index contributed by atoms with van der Waals surface area (Å²) in [5.74, 6) is -0.468. The molecule has 2 N–H and O–H groups in total. The van der Waals surface area contributed by atoms with Gasteiger partial charge >= 0.3 is 0 Å². The third-order valence-corrected chi connectivity index (χ3v) is 4.85. The van der Waals surface area contributed by atoms with Gasteiger partial charge in [0.25, 0.3) is 0 Å². The van der Waals surface area contributed by atoms with Gasteiger partial charge in [0, 0.05) is 24.5 Å². The Hall–Kier alpha value is -2.18. The van der Waals surface area contributed by atoms with Gasteiger partial charge in [-0.05, 0) is 72.9 Å². The number of anilines is 2. The monoisotopic (exact) mass is 404 g/mol. The van der Waals surface area contributed by atoms with Crippen LogP contribution < -0.4 is 15.6 Å². The largest absolute Gasteiger partial charge is 0.371 e. The van der Waals surface area contributed by atoms with Crippen LogP contribution in [0.2, 0.25) is 5.02 Å². The minimum atomic E-state index is -0.468. The van der Waals surface area contributed by atoms with E-state index in [1.54, 1.807) is 12.3 Å². The van der Waals surface area contributed by atoms with Gasteiger partial charge in [0.2, 0.25) is 0 Å². The van der Waals surface area contributed by atoms with Gasteiger partial charge in [-0.15, -0.1) is 0 Å². The number of rotatable bonds is 5. The van der Waals surface area contributed by atoms with Crippen LogP contribution in [0.3, 0.4) is 0 Å². The molecule has 7 heteroatoms. The van der Waals surface area contributed by atoms with Crippen LogP contribution in [-0.2, 0) is 6.42 Å². The van der Waals surface area contributed by atoms with Gasteiger partial charge in [-0.25, -0.2) is 4.39 Å². The van der Waals surface area contributed by atoms with Crippen LogP contribution in [0.25, 0.3) is 0 Å². The molecule has 4 nitrogen and oxygen atoms in total. The van der Waals surface area contributed by atoms with E-state index in [0.717, 1.165) is 31.5 Å². The van der Waals surface area contributed by atoms with Gasteiger partial charge in [-0.2, -0.15) is 5.10 Å². The molecule has 27 heavy (non-hydrogen) atoms. The molecule has 0 saturated heterocycles. The Morgan fingerprint density at radius 3 is 2.96 bits per heavy atom. The summed E-state index contributed by atoms with van der Waals surface area (Å²) in [6, 6.07) is 10.7. The average molecular weight is 405 g/mol. The van der Waals surface area contributed by atoms with Gasteiger partial charge in [-0.3, -0.25) is 5.43 Å². The Kier molecular flexibility index (Phi) is 6.63. The topological polar surface area (TPSA) is 39.7 Å². The normalized spacial score (nSPS) is 13.5. The van der Waals surface area contributed by atoms with E-state index < -0.39 is 5.82 Å². The molecule has 0 radical (unpaired) electrons. The van der Waals surface area contributed by atoms with E-state index in [9.17, 15) is 4.39 Å². The number of nitrogens with one attached hydrogen (secondary N) is 2. The van der Waals surface area contributed by atoms with E-state index in [0.29, 0.717) is 10.8 Å². The van der Waals surface area contributed by atoms with Crippen LogP contribution in [-0.4, -0.2) is 24.4 Å². The Morgan fingerprint density at radius 1 is 1.33 bits per heavy atom. The van der Waals surface area contributed by atoms with Crippen molar-refractivity contribution >= 4 is 46.5 Å². The zero-order valence-corrected chi connectivity index (χ0v) is 16.7. The molecule has 0 atom stereocenters. The number of halogens is 2. The highest BCUT2D eigenvalue weighted by atomic mass is 35.5. The van der Waals surface area contributed by atoms with E-state index in [4.69, 9.17) is 23.8 Å². The Morgan fingerprint density at radius 2 is 2.19 bits per heavy atom. The van der Waals surface area contributed by atoms with Gasteiger partial charge in [0.1, 0.15) is 5.82 Å². The molecule has 0 bridgehead atoms. The molecule has 3 rings (SSSR count).